The number of amides is 2. The fraction of sp³-hybridized carbons (Fsp3) is 0.810. The van der Waals surface area contributed by atoms with Gasteiger partial charge in [0.25, 0.3) is 0 Å². The smallest absolute Gasteiger partial charge is 0.408 e. The van der Waals surface area contributed by atoms with E-state index in [2.05, 4.69) is 20.4 Å². The van der Waals surface area contributed by atoms with Crippen LogP contribution >= 0.6 is 0 Å². The minimum atomic E-state index is -0.823. The Bertz CT molecular complexity index is 741. The van der Waals surface area contributed by atoms with Crippen molar-refractivity contribution in [2.75, 3.05) is 26.2 Å². The van der Waals surface area contributed by atoms with Gasteiger partial charge in [0.15, 0.2) is 5.82 Å². The predicted molar refractivity (Wildman–Crippen MR) is 111 cm³/mol. The second-order valence-electron chi connectivity index (χ2n) is 9.85. The summed E-state index contributed by atoms with van der Waals surface area (Å²) in [6.07, 6.45) is 3.90. The third-order valence-electron chi connectivity index (χ3n) is 5.59. The molecule has 1 aromatic heterocycles. The summed E-state index contributed by atoms with van der Waals surface area (Å²) < 4.78 is 10.7. The van der Waals surface area contributed by atoms with Gasteiger partial charge in [-0.3, -0.25) is 9.69 Å². The first-order chi connectivity index (χ1) is 14.0. The molecule has 0 bridgehead atoms. The predicted octanol–water partition coefficient (Wildman–Crippen LogP) is 2.66. The summed E-state index contributed by atoms with van der Waals surface area (Å²) in [7, 11) is 0. The Morgan fingerprint density at radius 3 is 2.33 bits per heavy atom. The topological polar surface area (TPSA) is 101 Å². The van der Waals surface area contributed by atoms with E-state index in [9.17, 15) is 9.59 Å². The van der Waals surface area contributed by atoms with Gasteiger partial charge >= 0.3 is 6.09 Å². The van der Waals surface area contributed by atoms with Crippen LogP contribution in [0.15, 0.2) is 4.52 Å². The monoisotopic (exact) mass is 421 g/mol. The second kappa shape index (κ2) is 8.91. The van der Waals surface area contributed by atoms with Crippen LogP contribution in [0.5, 0.6) is 0 Å². The van der Waals surface area contributed by atoms with E-state index in [1.165, 1.54) is 12.8 Å². The van der Waals surface area contributed by atoms with Crippen LogP contribution in [-0.4, -0.2) is 63.7 Å². The molecule has 2 amide bonds. The van der Waals surface area contributed by atoms with Crippen LogP contribution in [0, 0.1) is 5.92 Å². The van der Waals surface area contributed by atoms with E-state index in [-0.39, 0.29) is 5.92 Å². The average Bonchev–Trinajstić information content (AvgIpc) is 3.32. The number of aromatic nitrogens is 2. The molecular formula is C21H35N5O4. The molecule has 2 heterocycles. The van der Waals surface area contributed by atoms with Gasteiger partial charge in [0.05, 0.1) is 6.54 Å². The summed E-state index contributed by atoms with van der Waals surface area (Å²) in [6, 6.07) is 0. The molecule has 1 N–H and O–H groups in total. The van der Waals surface area contributed by atoms with Crippen LogP contribution < -0.4 is 5.32 Å². The number of hydrogen-bond donors (Lipinski definition) is 1. The lowest BCUT2D eigenvalue weighted by atomic mass is 10.1. The van der Waals surface area contributed by atoms with Crippen LogP contribution in [0.1, 0.15) is 72.0 Å². The standard InChI is InChI=1S/C21H35N5O4/c1-20(2,3)29-19(28)23-21(4,5)18-22-16(30-24-18)14-25-10-12-26(13-11-25)17(27)15-8-6-7-9-15/h15H,6-14H2,1-5H3,(H,23,28). The fourth-order valence-corrected chi connectivity index (χ4v) is 3.94. The lowest BCUT2D eigenvalue weighted by Gasteiger charge is -2.35. The Morgan fingerprint density at radius 2 is 1.73 bits per heavy atom. The quantitative estimate of drug-likeness (QED) is 0.780. The maximum atomic E-state index is 12.6. The van der Waals surface area contributed by atoms with Crippen molar-refractivity contribution in [3.8, 4) is 0 Å². The highest BCUT2D eigenvalue weighted by Crippen LogP contribution is 2.27. The molecule has 30 heavy (non-hydrogen) atoms. The van der Waals surface area contributed by atoms with Crippen molar-refractivity contribution in [2.24, 2.45) is 5.92 Å². The van der Waals surface area contributed by atoms with Gasteiger partial charge in [0.1, 0.15) is 11.1 Å². The van der Waals surface area contributed by atoms with Crippen molar-refractivity contribution in [3.05, 3.63) is 11.7 Å². The fourth-order valence-electron chi connectivity index (χ4n) is 3.94. The molecule has 1 saturated heterocycles. The van der Waals surface area contributed by atoms with E-state index in [4.69, 9.17) is 9.26 Å². The third-order valence-corrected chi connectivity index (χ3v) is 5.59. The van der Waals surface area contributed by atoms with Crippen molar-refractivity contribution in [1.82, 2.24) is 25.3 Å². The van der Waals surface area contributed by atoms with Gasteiger partial charge in [0.2, 0.25) is 11.8 Å². The summed E-state index contributed by atoms with van der Waals surface area (Å²) in [5.41, 5.74) is -1.40. The van der Waals surface area contributed by atoms with Gasteiger partial charge in [0, 0.05) is 32.1 Å². The lowest BCUT2D eigenvalue weighted by Crippen LogP contribution is -2.49. The molecule has 1 aliphatic heterocycles. The maximum absolute atomic E-state index is 12.6. The van der Waals surface area contributed by atoms with Crippen molar-refractivity contribution in [2.45, 2.75) is 78.0 Å². The minimum Gasteiger partial charge on any atom is -0.444 e. The summed E-state index contributed by atoms with van der Waals surface area (Å²) in [5.74, 6) is 1.45. The first-order valence-electron chi connectivity index (χ1n) is 10.9. The normalized spacial score (nSPS) is 19.2. The highest BCUT2D eigenvalue weighted by atomic mass is 16.6. The van der Waals surface area contributed by atoms with Gasteiger partial charge < -0.3 is 19.5 Å². The molecule has 9 nitrogen and oxygen atoms in total. The molecule has 9 heteroatoms. The molecule has 2 fully saturated rings. The zero-order valence-corrected chi connectivity index (χ0v) is 18.9. The third kappa shape index (κ3) is 5.93. The zero-order valence-electron chi connectivity index (χ0n) is 18.9. The van der Waals surface area contributed by atoms with Gasteiger partial charge in [-0.05, 0) is 47.5 Å². The summed E-state index contributed by atoms with van der Waals surface area (Å²) in [4.78, 5) is 33.4. The first kappa shape index (κ1) is 22.5. The molecule has 1 aromatic rings. The number of hydrogen-bond acceptors (Lipinski definition) is 7. The Kier molecular flexibility index (Phi) is 6.69. The molecule has 0 spiro atoms. The number of nitrogens with zero attached hydrogens (tertiary/aromatic N) is 4. The highest BCUT2D eigenvalue weighted by Gasteiger charge is 2.32. The largest absolute Gasteiger partial charge is 0.444 e. The molecule has 2 aliphatic rings. The van der Waals surface area contributed by atoms with E-state index in [1.807, 2.05) is 25.7 Å². The number of nitrogens with one attached hydrogen (secondary N) is 1. The van der Waals surface area contributed by atoms with Gasteiger partial charge in [-0.2, -0.15) is 4.98 Å². The summed E-state index contributed by atoms with van der Waals surface area (Å²) >= 11 is 0. The zero-order chi connectivity index (χ0) is 21.9. The molecule has 0 atom stereocenters. The number of carbonyl (C=O) groups is 2. The summed E-state index contributed by atoms with van der Waals surface area (Å²) in [5, 5.41) is 6.84. The van der Waals surface area contributed by atoms with Crippen LogP contribution in [0.4, 0.5) is 4.79 Å². The van der Waals surface area contributed by atoms with E-state index in [0.717, 1.165) is 39.0 Å². The average molecular weight is 422 g/mol. The number of alkyl carbamates (subject to hydrolysis) is 1. The Labute approximate surface area is 178 Å². The van der Waals surface area contributed by atoms with Gasteiger partial charge in [-0.25, -0.2) is 4.79 Å². The lowest BCUT2D eigenvalue weighted by molar-refractivity contribution is -0.137. The van der Waals surface area contributed by atoms with Crippen molar-refractivity contribution < 1.29 is 18.8 Å². The molecule has 168 valence electrons. The molecule has 3 rings (SSSR count). The van der Waals surface area contributed by atoms with Gasteiger partial charge in [-0.15, -0.1) is 0 Å². The molecule has 0 unspecified atom stereocenters. The van der Waals surface area contributed by atoms with Crippen molar-refractivity contribution in [1.29, 1.82) is 0 Å². The highest BCUT2D eigenvalue weighted by molar-refractivity contribution is 5.79. The number of piperazine rings is 1. The maximum Gasteiger partial charge on any atom is 0.408 e. The van der Waals surface area contributed by atoms with E-state index in [1.54, 1.807) is 13.8 Å². The Hall–Kier alpha value is -2.16. The van der Waals surface area contributed by atoms with E-state index < -0.39 is 17.2 Å². The van der Waals surface area contributed by atoms with Crippen LogP contribution in [0.3, 0.4) is 0 Å². The van der Waals surface area contributed by atoms with Crippen LogP contribution in [0.2, 0.25) is 0 Å². The van der Waals surface area contributed by atoms with E-state index in [0.29, 0.717) is 24.2 Å². The molecular weight excluding hydrogens is 386 g/mol. The molecule has 1 aliphatic carbocycles. The number of carbonyl (C=O) groups excluding carboxylic acids is 2. The summed E-state index contributed by atoms with van der Waals surface area (Å²) in [6.45, 7) is 12.6. The molecule has 1 saturated carbocycles. The molecule has 0 radical (unpaired) electrons. The van der Waals surface area contributed by atoms with Crippen LogP contribution in [-0.2, 0) is 21.6 Å². The number of ether oxygens (including phenoxy) is 1. The van der Waals surface area contributed by atoms with Crippen molar-refractivity contribution in [3.63, 3.8) is 0 Å². The Balaban J connectivity index is 1.49. The Morgan fingerprint density at radius 1 is 1.10 bits per heavy atom. The SMILES string of the molecule is CC(C)(C)OC(=O)NC(C)(C)c1noc(CN2CCN(C(=O)C3CCCC3)CC2)n1. The minimum absolute atomic E-state index is 0.231. The van der Waals surface area contributed by atoms with E-state index >= 15 is 0 Å². The number of rotatable bonds is 5. The second-order valence-corrected chi connectivity index (χ2v) is 9.85. The molecule has 0 aromatic carbocycles. The first-order valence-corrected chi connectivity index (χ1v) is 10.9. The van der Waals surface area contributed by atoms with Gasteiger partial charge in [-0.1, -0.05) is 18.0 Å². The van der Waals surface area contributed by atoms with Crippen LogP contribution in [0.25, 0.3) is 0 Å². The van der Waals surface area contributed by atoms with Crippen molar-refractivity contribution >= 4 is 12.0 Å².